The molecule has 0 saturated carbocycles. The minimum atomic E-state index is -0.698. The molecule has 1 aliphatic rings. The molecule has 0 spiro atoms. The van der Waals surface area contributed by atoms with E-state index >= 15 is 0 Å². The predicted molar refractivity (Wildman–Crippen MR) is 132 cm³/mol. The fourth-order valence-corrected chi connectivity index (χ4v) is 4.36. The highest BCUT2D eigenvalue weighted by atomic mass is 19.1. The predicted octanol–water partition coefficient (Wildman–Crippen LogP) is 4.39. The van der Waals surface area contributed by atoms with E-state index in [1.807, 2.05) is 32.0 Å². The number of rotatable bonds is 10. The Kier molecular flexibility index (Phi) is 7.21. The number of amides is 1. The van der Waals surface area contributed by atoms with E-state index in [0.717, 1.165) is 12.6 Å². The Morgan fingerprint density at radius 3 is 2.66 bits per heavy atom. The van der Waals surface area contributed by atoms with Crippen LogP contribution in [0.25, 0.3) is 11.0 Å². The minimum absolute atomic E-state index is 0.00564. The molecule has 0 fully saturated rings. The minimum Gasteiger partial charge on any atom is -0.490 e. The number of ether oxygens (including phenoxy) is 2. The lowest BCUT2D eigenvalue weighted by Crippen LogP contribution is -2.32. The first-order chi connectivity index (χ1) is 16.8. The molecule has 0 radical (unpaired) electrons. The zero-order valence-corrected chi connectivity index (χ0v) is 20.2. The van der Waals surface area contributed by atoms with Crippen LogP contribution in [0.4, 0.5) is 4.39 Å². The Labute approximate surface area is 203 Å². The van der Waals surface area contributed by atoms with Crippen molar-refractivity contribution in [1.82, 2.24) is 9.80 Å². The van der Waals surface area contributed by atoms with Crippen LogP contribution in [-0.4, -0.2) is 56.1 Å². The van der Waals surface area contributed by atoms with E-state index in [1.165, 1.54) is 12.1 Å². The average Bonchev–Trinajstić information content (AvgIpc) is 3.10. The maximum absolute atomic E-state index is 14.0. The Morgan fingerprint density at radius 1 is 1.14 bits per heavy atom. The number of carbonyl (C=O) groups is 1. The molecule has 3 aromatic rings. The number of carbonyl (C=O) groups excluding carboxylic acids is 1. The molecule has 0 aliphatic carbocycles. The van der Waals surface area contributed by atoms with Gasteiger partial charge in [-0.2, -0.15) is 0 Å². The van der Waals surface area contributed by atoms with Crippen molar-refractivity contribution < 1.29 is 23.1 Å². The van der Waals surface area contributed by atoms with Crippen molar-refractivity contribution in [2.24, 2.45) is 0 Å². The third-order valence-corrected chi connectivity index (χ3v) is 5.87. The Balaban J connectivity index is 1.87. The van der Waals surface area contributed by atoms with Crippen molar-refractivity contribution in [3.05, 3.63) is 82.0 Å². The Morgan fingerprint density at radius 2 is 1.94 bits per heavy atom. The van der Waals surface area contributed by atoms with Crippen molar-refractivity contribution in [2.45, 2.75) is 19.4 Å². The van der Waals surface area contributed by atoms with Gasteiger partial charge in [0.25, 0.3) is 5.91 Å². The van der Waals surface area contributed by atoms with E-state index in [0.29, 0.717) is 43.2 Å². The molecule has 0 saturated heterocycles. The van der Waals surface area contributed by atoms with Crippen LogP contribution in [0.2, 0.25) is 0 Å². The summed E-state index contributed by atoms with van der Waals surface area (Å²) in [5.41, 5.74) is 0.652. The smallest absolute Gasteiger partial charge is 0.290 e. The summed E-state index contributed by atoms with van der Waals surface area (Å²) >= 11 is 0. The van der Waals surface area contributed by atoms with Crippen molar-refractivity contribution in [2.75, 3.05) is 40.4 Å². The standard InChI is InChI=1S/C27H29FN2O5/c1-5-14-34-21-10-8-17(15-22(21)33-6-2)24-23-25(31)19-16-18(28)9-11-20(19)35-26(23)27(32)30(24)13-7-12-29(3)4/h5,8-11,15-16,24H,1,6-7,12-14H2,2-4H3/t24-/m1/s1. The normalized spacial score (nSPS) is 15.1. The zero-order chi connectivity index (χ0) is 25.1. The van der Waals surface area contributed by atoms with Crippen LogP contribution in [-0.2, 0) is 0 Å². The fourth-order valence-electron chi connectivity index (χ4n) is 4.36. The van der Waals surface area contributed by atoms with Gasteiger partial charge in [0.1, 0.15) is 18.0 Å². The highest BCUT2D eigenvalue weighted by molar-refractivity contribution is 5.99. The topological polar surface area (TPSA) is 72.2 Å². The van der Waals surface area contributed by atoms with Gasteiger partial charge in [0.05, 0.1) is 23.6 Å². The van der Waals surface area contributed by atoms with E-state index in [1.54, 1.807) is 23.1 Å². The summed E-state index contributed by atoms with van der Waals surface area (Å²) in [4.78, 5) is 30.7. The van der Waals surface area contributed by atoms with Gasteiger partial charge in [-0.3, -0.25) is 9.59 Å². The van der Waals surface area contributed by atoms with Gasteiger partial charge in [0, 0.05) is 6.54 Å². The first kappa shape index (κ1) is 24.5. The van der Waals surface area contributed by atoms with E-state index in [-0.39, 0.29) is 28.2 Å². The number of hydrogen-bond acceptors (Lipinski definition) is 6. The van der Waals surface area contributed by atoms with Crippen molar-refractivity contribution in [3.63, 3.8) is 0 Å². The Bertz CT molecular complexity index is 1320. The molecule has 1 aliphatic heterocycles. The van der Waals surface area contributed by atoms with Crippen molar-refractivity contribution in [1.29, 1.82) is 0 Å². The van der Waals surface area contributed by atoms with Crippen LogP contribution < -0.4 is 14.9 Å². The van der Waals surface area contributed by atoms with Gasteiger partial charge in [-0.1, -0.05) is 18.7 Å². The molecule has 4 rings (SSSR count). The second kappa shape index (κ2) is 10.3. The van der Waals surface area contributed by atoms with Gasteiger partial charge in [-0.25, -0.2) is 4.39 Å². The third kappa shape index (κ3) is 4.79. The number of halogens is 1. The van der Waals surface area contributed by atoms with E-state index in [2.05, 4.69) is 6.58 Å². The second-order valence-electron chi connectivity index (χ2n) is 8.61. The molecule has 0 unspecified atom stereocenters. The monoisotopic (exact) mass is 480 g/mol. The number of hydrogen-bond donors (Lipinski definition) is 0. The molecular weight excluding hydrogens is 451 g/mol. The summed E-state index contributed by atoms with van der Waals surface area (Å²) in [6.45, 7) is 7.43. The molecule has 8 heteroatoms. The second-order valence-corrected chi connectivity index (χ2v) is 8.61. The first-order valence-corrected chi connectivity index (χ1v) is 11.6. The molecule has 1 aromatic heterocycles. The highest BCUT2D eigenvalue weighted by Gasteiger charge is 2.42. The van der Waals surface area contributed by atoms with E-state index in [9.17, 15) is 14.0 Å². The van der Waals surface area contributed by atoms with Crippen LogP contribution in [0.15, 0.2) is 58.3 Å². The molecule has 2 aromatic carbocycles. The van der Waals surface area contributed by atoms with E-state index < -0.39 is 17.3 Å². The number of fused-ring (bicyclic) bond motifs is 2. The maximum atomic E-state index is 14.0. The molecule has 184 valence electrons. The van der Waals surface area contributed by atoms with E-state index in [4.69, 9.17) is 13.9 Å². The summed E-state index contributed by atoms with van der Waals surface area (Å²) in [6.07, 6.45) is 2.34. The molecular formula is C27H29FN2O5. The summed E-state index contributed by atoms with van der Waals surface area (Å²) < 4.78 is 31.4. The van der Waals surface area contributed by atoms with Gasteiger partial charge in [-0.05, 0) is 69.9 Å². The Hall–Kier alpha value is -3.65. The summed E-state index contributed by atoms with van der Waals surface area (Å²) in [5.74, 6) is 0.116. The number of nitrogens with zero attached hydrogens (tertiary/aromatic N) is 2. The lowest BCUT2D eigenvalue weighted by molar-refractivity contribution is 0.0722. The summed E-state index contributed by atoms with van der Waals surface area (Å²) in [6, 6.07) is 8.38. The van der Waals surface area contributed by atoms with Crippen LogP contribution in [0.5, 0.6) is 11.5 Å². The van der Waals surface area contributed by atoms with Gasteiger partial charge in [0.15, 0.2) is 16.9 Å². The highest BCUT2D eigenvalue weighted by Crippen LogP contribution is 2.41. The maximum Gasteiger partial charge on any atom is 0.290 e. The van der Waals surface area contributed by atoms with Gasteiger partial charge in [0.2, 0.25) is 5.76 Å². The molecule has 1 amide bonds. The van der Waals surface area contributed by atoms with Gasteiger partial charge in [-0.15, -0.1) is 0 Å². The summed E-state index contributed by atoms with van der Waals surface area (Å²) in [5, 5.41) is 0.104. The van der Waals surface area contributed by atoms with Crippen molar-refractivity contribution in [3.8, 4) is 11.5 Å². The van der Waals surface area contributed by atoms with Crippen LogP contribution in [0, 0.1) is 5.82 Å². The van der Waals surface area contributed by atoms with Gasteiger partial charge >= 0.3 is 0 Å². The molecule has 1 atom stereocenters. The van der Waals surface area contributed by atoms with Crippen LogP contribution in [0.1, 0.15) is 41.1 Å². The number of benzene rings is 2. The molecule has 0 N–H and O–H groups in total. The first-order valence-electron chi connectivity index (χ1n) is 11.6. The lowest BCUT2D eigenvalue weighted by atomic mass is 9.98. The summed E-state index contributed by atoms with van der Waals surface area (Å²) in [7, 11) is 3.92. The molecule has 0 bridgehead atoms. The zero-order valence-electron chi connectivity index (χ0n) is 20.2. The average molecular weight is 481 g/mol. The van der Waals surface area contributed by atoms with Crippen molar-refractivity contribution >= 4 is 16.9 Å². The quantitative estimate of drug-likeness (QED) is 0.401. The SMILES string of the molecule is C=CCOc1ccc([C@@H]2c3c(oc4ccc(F)cc4c3=O)C(=O)N2CCCN(C)C)cc1OCC. The molecule has 35 heavy (non-hydrogen) atoms. The third-order valence-electron chi connectivity index (χ3n) is 5.87. The molecule has 7 nitrogen and oxygen atoms in total. The largest absolute Gasteiger partial charge is 0.490 e. The lowest BCUT2D eigenvalue weighted by Gasteiger charge is -2.26. The van der Waals surface area contributed by atoms with Crippen LogP contribution >= 0.6 is 0 Å². The van der Waals surface area contributed by atoms with Crippen LogP contribution in [0.3, 0.4) is 0 Å². The molecule has 2 heterocycles. The fraction of sp³-hybridized carbons (Fsp3) is 0.333. The van der Waals surface area contributed by atoms with Gasteiger partial charge < -0.3 is 23.7 Å².